The second-order valence-electron chi connectivity index (χ2n) is 3.59. The van der Waals surface area contributed by atoms with Crippen LogP contribution in [0.5, 0.6) is 0 Å². The van der Waals surface area contributed by atoms with Crippen LogP contribution in [0.2, 0.25) is 0 Å². The highest BCUT2D eigenvalue weighted by molar-refractivity contribution is 6.03. The first-order valence-corrected chi connectivity index (χ1v) is 4.86. The summed E-state index contributed by atoms with van der Waals surface area (Å²) in [5, 5.41) is 12.0. The summed E-state index contributed by atoms with van der Waals surface area (Å²) in [7, 11) is 0. The number of carboxylic acid groups (broad SMARTS) is 1. The number of nitrogens with two attached hydrogens (primary N) is 1. The van der Waals surface area contributed by atoms with Crippen LogP contribution in [0.15, 0.2) is 6.07 Å². The van der Waals surface area contributed by atoms with Gasteiger partial charge in [0.05, 0.1) is 5.56 Å². The Hall–Kier alpha value is -1.66. The number of nitrogens with one attached hydrogen (secondary N) is 1. The normalized spacial score (nSPS) is 13.4. The molecule has 0 unspecified atom stereocenters. The van der Waals surface area contributed by atoms with Crippen molar-refractivity contribution in [2.75, 3.05) is 6.54 Å². The summed E-state index contributed by atoms with van der Waals surface area (Å²) in [5.74, 6) is -1.99. The molecule has 0 saturated heterocycles. The van der Waals surface area contributed by atoms with E-state index in [0.29, 0.717) is 13.0 Å². The molecule has 1 aromatic heterocycles. The average Bonchev–Trinajstić information content (AvgIpc) is 2.27. The van der Waals surface area contributed by atoms with Crippen molar-refractivity contribution in [3.63, 3.8) is 0 Å². The Labute approximate surface area is 104 Å². The number of rotatable bonds is 2. The summed E-state index contributed by atoms with van der Waals surface area (Å²) in [4.78, 5) is 26.0. The summed E-state index contributed by atoms with van der Waals surface area (Å²) in [5.41, 5.74) is 6.40. The van der Waals surface area contributed by atoms with E-state index in [0.717, 1.165) is 17.8 Å². The number of hydrogen-bond donors (Lipinski definition) is 3. The van der Waals surface area contributed by atoms with Gasteiger partial charge in [-0.15, -0.1) is 12.4 Å². The molecule has 2 heterocycles. The standard InChI is InChI=1S/C10H11N3O3.ClH/c11-9(14)6-3-5-4-12-2-1-7(5)13-8(6)10(15)16;/h3,12H,1-2,4H2,(H2,11,14)(H,15,16);1H. The van der Waals surface area contributed by atoms with E-state index in [1.807, 2.05) is 0 Å². The second-order valence-corrected chi connectivity index (χ2v) is 3.59. The maximum absolute atomic E-state index is 11.1. The van der Waals surface area contributed by atoms with Crippen LogP contribution in [0.3, 0.4) is 0 Å². The predicted octanol–water partition coefficient (Wildman–Crippen LogP) is -0.0538. The Bertz CT molecular complexity index is 433. The molecule has 0 radical (unpaired) electrons. The number of carbonyl (C=O) groups is 2. The third-order valence-electron chi connectivity index (χ3n) is 2.51. The number of carbonyl (C=O) groups excluding carboxylic acids is 1. The summed E-state index contributed by atoms with van der Waals surface area (Å²) < 4.78 is 0. The molecule has 0 aromatic carbocycles. The zero-order valence-electron chi connectivity index (χ0n) is 8.90. The number of nitrogens with zero attached hydrogens (tertiary/aromatic N) is 1. The highest BCUT2D eigenvalue weighted by atomic mass is 35.5. The van der Waals surface area contributed by atoms with E-state index in [1.54, 1.807) is 0 Å². The molecule has 0 fully saturated rings. The zero-order valence-corrected chi connectivity index (χ0v) is 9.71. The Balaban J connectivity index is 0.00000144. The van der Waals surface area contributed by atoms with E-state index >= 15 is 0 Å². The first-order valence-electron chi connectivity index (χ1n) is 4.86. The number of aromatic carboxylic acids is 1. The Morgan fingerprint density at radius 3 is 2.76 bits per heavy atom. The molecule has 1 aromatic rings. The maximum Gasteiger partial charge on any atom is 0.355 e. The summed E-state index contributed by atoms with van der Waals surface area (Å²) >= 11 is 0. The van der Waals surface area contributed by atoms with Gasteiger partial charge in [0.1, 0.15) is 0 Å². The molecular formula is C10H12ClN3O3. The highest BCUT2D eigenvalue weighted by Gasteiger charge is 2.21. The summed E-state index contributed by atoms with van der Waals surface area (Å²) in [6.45, 7) is 1.34. The molecule has 0 bridgehead atoms. The molecule has 1 aliphatic rings. The first-order chi connectivity index (χ1) is 7.59. The molecular weight excluding hydrogens is 246 g/mol. The Kier molecular flexibility index (Phi) is 4.03. The smallest absolute Gasteiger partial charge is 0.355 e. The number of carboxylic acids is 1. The van der Waals surface area contributed by atoms with Gasteiger partial charge in [0.2, 0.25) is 0 Å². The fourth-order valence-electron chi connectivity index (χ4n) is 1.74. The minimum Gasteiger partial charge on any atom is -0.476 e. The van der Waals surface area contributed by atoms with E-state index in [2.05, 4.69) is 10.3 Å². The average molecular weight is 258 g/mol. The van der Waals surface area contributed by atoms with Gasteiger partial charge < -0.3 is 16.2 Å². The molecule has 0 aliphatic carbocycles. The van der Waals surface area contributed by atoms with Crippen molar-refractivity contribution in [3.8, 4) is 0 Å². The molecule has 4 N–H and O–H groups in total. The molecule has 17 heavy (non-hydrogen) atoms. The quantitative estimate of drug-likeness (QED) is 0.689. The van der Waals surface area contributed by atoms with Gasteiger partial charge in [0.25, 0.3) is 5.91 Å². The van der Waals surface area contributed by atoms with Crippen molar-refractivity contribution in [1.82, 2.24) is 10.3 Å². The van der Waals surface area contributed by atoms with Crippen LogP contribution in [-0.2, 0) is 13.0 Å². The van der Waals surface area contributed by atoms with Crippen LogP contribution >= 0.6 is 12.4 Å². The SMILES string of the molecule is Cl.NC(=O)c1cc2c(nc1C(=O)O)CCNC2. The highest BCUT2D eigenvalue weighted by Crippen LogP contribution is 2.16. The third-order valence-corrected chi connectivity index (χ3v) is 2.51. The maximum atomic E-state index is 11.1. The van der Waals surface area contributed by atoms with Crippen molar-refractivity contribution in [2.24, 2.45) is 5.73 Å². The van der Waals surface area contributed by atoms with Gasteiger partial charge in [-0.05, 0) is 11.6 Å². The molecule has 1 amide bonds. The molecule has 2 rings (SSSR count). The van der Waals surface area contributed by atoms with E-state index in [-0.39, 0.29) is 23.7 Å². The summed E-state index contributed by atoms with van der Waals surface area (Å²) in [6, 6.07) is 1.51. The molecule has 92 valence electrons. The van der Waals surface area contributed by atoms with Crippen molar-refractivity contribution in [1.29, 1.82) is 0 Å². The minimum absolute atomic E-state index is 0. The van der Waals surface area contributed by atoms with Crippen LogP contribution < -0.4 is 11.1 Å². The van der Waals surface area contributed by atoms with Crippen LogP contribution in [0.1, 0.15) is 32.1 Å². The Morgan fingerprint density at radius 2 is 2.18 bits per heavy atom. The van der Waals surface area contributed by atoms with E-state index < -0.39 is 11.9 Å². The van der Waals surface area contributed by atoms with Crippen molar-refractivity contribution in [2.45, 2.75) is 13.0 Å². The van der Waals surface area contributed by atoms with Gasteiger partial charge in [0.15, 0.2) is 5.69 Å². The number of fused-ring (bicyclic) bond motifs is 1. The van der Waals surface area contributed by atoms with Gasteiger partial charge >= 0.3 is 5.97 Å². The lowest BCUT2D eigenvalue weighted by Crippen LogP contribution is -2.27. The monoisotopic (exact) mass is 257 g/mol. The topological polar surface area (TPSA) is 105 Å². The van der Waals surface area contributed by atoms with Crippen molar-refractivity contribution in [3.05, 3.63) is 28.6 Å². The van der Waals surface area contributed by atoms with Gasteiger partial charge in [-0.3, -0.25) is 4.79 Å². The molecule has 0 saturated carbocycles. The number of primary amides is 1. The number of pyridine rings is 1. The van der Waals surface area contributed by atoms with E-state index in [4.69, 9.17) is 10.8 Å². The van der Waals surface area contributed by atoms with Crippen molar-refractivity contribution < 1.29 is 14.7 Å². The zero-order chi connectivity index (χ0) is 11.7. The van der Waals surface area contributed by atoms with Gasteiger partial charge in [0, 0.05) is 25.2 Å². The fourth-order valence-corrected chi connectivity index (χ4v) is 1.74. The van der Waals surface area contributed by atoms with Crippen LogP contribution in [0.4, 0.5) is 0 Å². The van der Waals surface area contributed by atoms with Crippen LogP contribution in [0.25, 0.3) is 0 Å². The van der Waals surface area contributed by atoms with Crippen LogP contribution in [0, 0.1) is 0 Å². The van der Waals surface area contributed by atoms with E-state index in [9.17, 15) is 9.59 Å². The first kappa shape index (κ1) is 13.4. The molecule has 0 spiro atoms. The lowest BCUT2D eigenvalue weighted by molar-refractivity contribution is 0.0685. The number of halogens is 1. The van der Waals surface area contributed by atoms with E-state index in [1.165, 1.54) is 6.07 Å². The predicted molar refractivity (Wildman–Crippen MR) is 62.4 cm³/mol. The van der Waals surface area contributed by atoms with Gasteiger partial charge in [-0.2, -0.15) is 0 Å². The minimum atomic E-state index is -1.23. The summed E-state index contributed by atoms with van der Waals surface area (Å²) in [6.07, 6.45) is 0.661. The number of hydrogen-bond acceptors (Lipinski definition) is 4. The fraction of sp³-hybridized carbons (Fsp3) is 0.300. The molecule has 1 aliphatic heterocycles. The lowest BCUT2D eigenvalue weighted by Gasteiger charge is -2.17. The van der Waals surface area contributed by atoms with Gasteiger partial charge in [-0.1, -0.05) is 0 Å². The van der Waals surface area contributed by atoms with Crippen molar-refractivity contribution >= 4 is 24.3 Å². The van der Waals surface area contributed by atoms with Crippen LogP contribution in [-0.4, -0.2) is 28.5 Å². The number of amides is 1. The lowest BCUT2D eigenvalue weighted by atomic mass is 10.0. The molecule has 6 nitrogen and oxygen atoms in total. The van der Waals surface area contributed by atoms with Gasteiger partial charge in [-0.25, -0.2) is 9.78 Å². The third kappa shape index (κ3) is 2.54. The molecule has 7 heteroatoms. The number of aromatic nitrogens is 1. The second kappa shape index (κ2) is 5.11. The molecule has 0 atom stereocenters. The largest absolute Gasteiger partial charge is 0.476 e. The Morgan fingerprint density at radius 1 is 1.47 bits per heavy atom.